The average Bonchev–Trinajstić information content (AvgIpc) is 3.28. The molecule has 226 valence electrons. The number of para-hydroxylation sites is 1. The van der Waals surface area contributed by atoms with Crippen molar-refractivity contribution in [3.8, 4) is 5.75 Å². The SMILES string of the molecule is COc1cc(N2CCOCC2)ccc1Nc1nc2c(c(Nc3ccccc3S(=O)(=O)NCCN(C)C)n1)C(C)(C)CN2. The van der Waals surface area contributed by atoms with Crippen molar-refractivity contribution in [3.63, 3.8) is 0 Å². The van der Waals surface area contributed by atoms with E-state index in [1.165, 1.54) is 0 Å². The van der Waals surface area contributed by atoms with Gasteiger partial charge in [-0.2, -0.15) is 9.97 Å². The van der Waals surface area contributed by atoms with Crippen LogP contribution in [-0.2, 0) is 20.2 Å². The first kappa shape index (κ1) is 29.8. The van der Waals surface area contributed by atoms with Crippen LogP contribution in [-0.4, -0.2) is 90.4 Å². The number of fused-ring (bicyclic) bond motifs is 1. The molecule has 2 aliphatic heterocycles. The van der Waals surface area contributed by atoms with Gasteiger partial charge in [0.2, 0.25) is 16.0 Å². The molecule has 12 nitrogen and oxygen atoms in total. The van der Waals surface area contributed by atoms with Crippen LogP contribution in [0.1, 0.15) is 19.4 Å². The fraction of sp³-hybridized carbons (Fsp3) is 0.448. The Labute approximate surface area is 247 Å². The van der Waals surface area contributed by atoms with Crippen LogP contribution >= 0.6 is 0 Å². The lowest BCUT2D eigenvalue weighted by Crippen LogP contribution is -2.36. The second kappa shape index (κ2) is 12.3. The van der Waals surface area contributed by atoms with Gasteiger partial charge in [0.15, 0.2) is 0 Å². The normalized spacial score (nSPS) is 16.2. The number of anilines is 6. The first-order valence-corrected chi connectivity index (χ1v) is 15.5. The minimum atomic E-state index is -3.77. The summed E-state index contributed by atoms with van der Waals surface area (Å²) in [6.45, 7) is 8.79. The standard InChI is InChI=1S/C29H40N8O4S/c1-29(2)19-30-26-25(29)27(32-22-8-6-7-9-24(22)42(38,39)31-12-13-36(3)4)35-28(34-26)33-21-11-10-20(18-23(21)40-5)37-14-16-41-17-15-37/h6-11,18,31H,12-17,19H2,1-5H3,(H3,30,32,33,34,35). The predicted octanol–water partition coefficient (Wildman–Crippen LogP) is 3.35. The van der Waals surface area contributed by atoms with Gasteiger partial charge >= 0.3 is 0 Å². The molecule has 0 bridgehead atoms. The molecule has 13 heteroatoms. The summed E-state index contributed by atoms with van der Waals surface area (Å²) in [6.07, 6.45) is 0. The zero-order chi connectivity index (χ0) is 29.9. The molecule has 0 aliphatic carbocycles. The van der Waals surface area contributed by atoms with E-state index in [0.29, 0.717) is 67.6 Å². The number of nitrogens with zero attached hydrogens (tertiary/aromatic N) is 4. The molecule has 0 saturated carbocycles. The van der Waals surface area contributed by atoms with E-state index in [0.717, 1.165) is 24.3 Å². The third kappa shape index (κ3) is 6.54. The van der Waals surface area contributed by atoms with Crippen molar-refractivity contribution in [3.05, 3.63) is 48.0 Å². The maximum Gasteiger partial charge on any atom is 0.242 e. The number of hydrogen-bond acceptors (Lipinski definition) is 11. The predicted molar refractivity (Wildman–Crippen MR) is 166 cm³/mol. The number of methoxy groups -OCH3 is 1. The van der Waals surface area contributed by atoms with E-state index in [4.69, 9.17) is 19.4 Å². The van der Waals surface area contributed by atoms with Gasteiger partial charge in [-0.1, -0.05) is 26.0 Å². The highest BCUT2D eigenvalue weighted by atomic mass is 32.2. The van der Waals surface area contributed by atoms with Gasteiger partial charge < -0.3 is 35.2 Å². The summed E-state index contributed by atoms with van der Waals surface area (Å²) in [5.74, 6) is 2.22. The fourth-order valence-corrected chi connectivity index (χ4v) is 6.29. The molecule has 2 aliphatic rings. The molecule has 4 N–H and O–H groups in total. The Morgan fingerprint density at radius 2 is 1.83 bits per heavy atom. The van der Waals surface area contributed by atoms with Crippen molar-refractivity contribution >= 4 is 44.7 Å². The van der Waals surface area contributed by atoms with Crippen LogP contribution in [0.2, 0.25) is 0 Å². The number of nitrogens with one attached hydrogen (secondary N) is 4. The van der Waals surface area contributed by atoms with Crippen LogP contribution in [0.15, 0.2) is 47.4 Å². The Hall–Kier alpha value is -3.65. The second-order valence-corrected chi connectivity index (χ2v) is 13.0. The Balaban J connectivity index is 1.47. The second-order valence-electron chi connectivity index (χ2n) is 11.3. The van der Waals surface area contributed by atoms with Crippen LogP contribution in [0.25, 0.3) is 0 Å². The Morgan fingerprint density at radius 3 is 2.57 bits per heavy atom. The van der Waals surface area contributed by atoms with E-state index in [-0.39, 0.29) is 10.3 Å². The van der Waals surface area contributed by atoms with E-state index < -0.39 is 10.0 Å². The van der Waals surface area contributed by atoms with Gasteiger partial charge in [-0.05, 0) is 38.4 Å². The van der Waals surface area contributed by atoms with Gasteiger partial charge in [-0.3, -0.25) is 0 Å². The van der Waals surface area contributed by atoms with Crippen molar-refractivity contribution in [2.45, 2.75) is 24.2 Å². The van der Waals surface area contributed by atoms with E-state index in [1.807, 2.05) is 37.2 Å². The Bertz CT molecular complexity index is 1520. The van der Waals surface area contributed by atoms with E-state index in [9.17, 15) is 8.42 Å². The third-order valence-electron chi connectivity index (χ3n) is 7.37. The number of morpholine rings is 1. The third-order valence-corrected chi connectivity index (χ3v) is 8.89. The summed E-state index contributed by atoms with van der Waals surface area (Å²) in [7, 11) is 1.66. The number of rotatable bonds is 11. The monoisotopic (exact) mass is 596 g/mol. The summed E-state index contributed by atoms with van der Waals surface area (Å²) in [6, 6.07) is 12.8. The van der Waals surface area contributed by atoms with Crippen LogP contribution in [0.4, 0.5) is 34.6 Å². The van der Waals surface area contributed by atoms with Gasteiger partial charge in [0.25, 0.3) is 0 Å². The lowest BCUT2D eigenvalue weighted by Gasteiger charge is -2.29. The molecule has 1 aromatic heterocycles. The lowest BCUT2D eigenvalue weighted by molar-refractivity contribution is 0.122. The number of benzene rings is 2. The molecule has 0 amide bonds. The van der Waals surface area contributed by atoms with E-state index in [1.54, 1.807) is 31.4 Å². The molecule has 3 aromatic rings. The van der Waals surface area contributed by atoms with Gasteiger partial charge in [-0.15, -0.1) is 0 Å². The smallest absolute Gasteiger partial charge is 0.242 e. The molecule has 1 fully saturated rings. The quantitative estimate of drug-likeness (QED) is 0.260. The van der Waals surface area contributed by atoms with Gasteiger partial charge in [-0.25, -0.2) is 13.1 Å². The minimum Gasteiger partial charge on any atom is -0.494 e. The number of hydrogen-bond donors (Lipinski definition) is 4. The zero-order valence-electron chi connectivity index (χ0n) is 24.8. The minimum absolute atomic E-state index is 0.148. The van der Waals surface area contributed by atoms with E-state index in [2.05, 4.69) is 39.4 Å². The van der Waals surface area contributed by atoms with Crippen molar-refractivity contribution < 1.29 is 17.9 Å². The first-order valence-electron chi connectivity index (χ1n) is 14.0. The molecule has 0 spiro atoms. The summed E-state index contributed by atoms with van der Waals surface area (Å²) >= 11 is 0. The van der Waals surface area contributed by atoms with Crippen molar-refractivity contribution in [1.29, 1.82) is 0 Å². The topological polar surface area (TPSA) is 133 Å². The van der Waals surface area contributed by atoms with Gasteiger partial charge in [0, 0.05) is 55.5 Å². The zero-order valence-corrected chi connectivity index (χ0v) is 25.6. The van der Waals surface area contributed by atoms with Crippen molar-refractivity contribution in [2.75, 3.05) is 88.0 Å². The number of ether oxygens (including phenoxy) is 2. The molecule has 1 saturated heterocycles. The van der Waals surface area contributed by atoms with Crippen LogP contribution < -0.4 is 30.3 Å². The fourth-order valence-electron chi connectivity index (χ4n) is 5.10. The van der Waals surface area contributed by atoms with Crippen LogP contribution in [0.3, 0.4) is 0 Å². The Kier molecular flexibility index (Phi) is 8.73. The van der Waals surface area contributed by atoms with Crippen molar-refractivity contribution in [1.82, 2.24) is 19.6 Å². The number of likely N-dealkylation sites (N-methyl/N-ethyl adjacent to an activating group) is 1. The average molecular weight is 597 g/mol. The molecule has 0 atom stereocenters. The summed E-state index contributed by atoms with van der Waals surface area (Å²) in [5, 5.41) is 10.0. The number of aromatic nitrogens is 2. The molecular weight excluding hydrogens is 556 g/mol. The molecule has 42 heavy (non-hydrogen) atoms. The summed E-state index contributed by atoms with van der Waals surface area (Å²) < 4.78 is 40.4. The highest BCUT2D eigenvalue weighted by Gasteiger charge is 2.36. The van der Waals surface area contributed by atoms with Crippen LogP contribution in [0.5, 0.6) is 5.75 Å². The van der Waals surface area contributed by atoms with Crippen molar-refractivity contribution in [2.24, 2.45) is 0 Å². The molecule has 2 aromatic carbocycles. The maximum atomic E-state index is 13.3. The maximum absolute atomic E-state index is 13.3. The highest BCUT2D eigenvalue weighted by Crippen LogP contribution is 2.42. The summed E-state index contributed by atoms with van der Waals surface area (Å²) in [4.78, 5) is 14.0. The lowest BCUT2D eigenvalue weighted by atomic mass is 9.88. The molecule has 0 unspecified atom stereocenters. The summed E-state index contributed by atoms with van der Waals surface area (Å²) in [5.41, 5.74) is 2.79. The molecule has 0 radical (unpaired) electrons. The first-order chi connectivity index (χ1) is 20.1. The van der Waals surface area contributed by atoms with Gasteiger partial charge in [0.05, 0.1) is 31.7 Å². The molecule has 5 rings (SSSR count). The van der Waals surface area contributed by atoms with Gasteiger partial charge in [0.1, 0.15) is 22.3 Å². The number of sulfonamides is 1. The molecular formula is C29H40N8O4S. The largest absolute Gasteiger partial charge is 0.494 e. The Morgan fingerprint density at radius 1 is 1.07 bits per heavy atom. The molecule has 3 heterocycles. The van der Waals surface area contributed by atoms with Crippen LogP contribution in [0, 0.1) is 0 Å². The highest BCUT2D eigenvalue weighted by molar-refractivity contribution is 7.89. The van der Waals surface area contributed by atoms with E-state index >= 15 is 0 Å².